The zero-order chi connectivity index (χ0) is 19.7. The van der Waals surface area contributed by atoms with Gasteiger partial charge in [-0.2, -0.15) is 0 Å². The second-order valence-corrected chi connectivity index (χ2v) is 9.18. The fourth-order valence-electron chi connectivity index (χ4n) is 3.00. The van der Waals surface area contributed by atoms with Gasteiger partial charge in [0.2, 0.25) is 0 Å². The Hall–Kier alpha value is -2.36. The van der Waals surface area contributed by atoms with E-state index in [-0.39, 0.29) is 11.9 Å². The molecule has 0 saturated heterocycles. The van der Waals surface area contributed by atoms with E-state index in [0.29, 0.717) is 11.4 Å². The van der Waals surface area contributed by atoms with E-state index in [0.717, 1.165) is 27.3 Å². The Balaban J connectivity index is 1.64. The molecular formula is C19H19N5OS3. The average molecular weight is 430 g/mol. The van der Waals surface area contributed by atoms with Gasteiger partial charge in [0.25, 0.3) is 5.91 Å². The first-order valence-electron chi connectivity index (χ1n) is 8.71. The number of nitrogens with zero attached hydrogens (tertiary/aromatic N) is 4. The molecule has 4 aromatic heterocycles. The highest BCUT2D eigenvalue weighted by Crippen LogP contribution is 2.35. The number of aromatic nitrogens is 3. The lowest BCUT2D eigenvalue weighted by atomic mass is 10.1. The SMILES string of the molecule is Cc1c(C(=O)N(C)Cc2cscn2)sc2ncnc(N[C@H](C)c3cccs3)c12. The fraction of sp³-hybridized carbons (Fsp3) is 0.263. The van der Waals surface area contributed by atoms with Gasteiger partial charge in [0.05, 0.1) is 34.1 Å². The van der Waals surface area contributed by atoms with Gasteiger partial charge in [0.15, 0.2) is 0 Å². The van der Waals surface area contributed by atoms with Gasteiger partial charge in [-0.15, -0.1) is 34.0 Å². The van der Waals surface area contributed by atoms with E-state index < -0.39 is 0 Å². The number of hydrogen-bond acceptors (Lipinski definition) is 8. The van der Waals surface area contributed by atoms with Crippen LogP contribution >= 0.6 is 34.0 Å². The van der Waals surface area contributed by atoms with Crippen LogP contribution in [0.4, 0.5) is 5.82 Å². The highest BCUT2D eigenvalue weighted by molar-refractivity contribution is 7.20. The number of carbonyl (C=O) groups is 1. The Labute approximate surface area is 174 Å². The van der Waals surface area contributed by atoms with Crippen LogP contribution in [-0.2, 0) is 6.54 Å². The van der Waals surface area contributed by atoms with Gasteiger partial charge in [-0.05, 0) is 30.9 Å². The first-order chi connectivity index (χ1) is 13.5. The molecule has 0 saturated carbocycles. The summed E-state index contributed by atoms with van der Waals surface area (Å²) in [6.07, 6.45) is 1.55. The van der Waals surface area contributed by atoms with Gasteiger partial charge in [0.1, 0.15) is 17.0 Å². The summed E-state index contributed by atoms with van der Waals surface area (Å²) < 4.78 is 0. The number of anilines is 1. The molecule has 28 heavy (non-hydrogen) atoms. The third-order valence-electron chi connectivity index (χ3n) is 4.47. The molecule has 0 aliphatic rings. The number of nitrogens with one attached hydrogen (secondary N) is 1. The summed E-state index contributed by atoms with van der Waals surface area (Å²) in [5, 5.41) is 8.42. The van der Waals surface area contributed by atoms with Gasteiger partial charge in [-0.3, -0.25) is 4.79 Å². The van der Waals surface area contributed by atoms with E-state index in [9.17, 15) is 4.79 Å². The molecule has 4 heterocycles. The van der Waals surface area contributed by atoms with Crippen molar-refractivity contribution in [2.75, 3.05) is 12.4 Å². The monoisotopic (exact) mass is 429 g/mol. The van der Waals surface area contributed by atoms with Crippen LogP contribution in [0.2, 0.25) is 0 Å². The van der Waals surface area contributed by atoms with Gasteiger partial charge in [-0.1, -0.05) is 6.07 Å². The maximum Gasteiger partial charge on any atom is 0.264 e. The van der Waals surface area contributed by atoms with Crippen LogP contribution in [0.25, 0.3) is 10.2 Å². The first kappa shape index (κ1) is 19.0. The highest BCUT2D eigenvalue weighted by Gasteiger charge is 2.23. The standard InChI is InChI=1S/C19H19N5OS3/c1-11-15-17(23-12(2)14-5-4-6-27-14)20-9-21-18(15)28-16(11)19(25)24(3)7-13-8-26-10-22-13/h4-6,8-10,12H,7H2,1-3H3,(H,20,21,23)/t12-/m1/s1. The average Bonchev–Trinajstić information content (AvgIpc) is 3.43. The van der Waals surface area contributed by atoms with Crippen molar-refractivity contribution in [1.29, 1.82) is 0 Å². The zero-order valence-corrected chi connectivity index (χ0v) is 18.1. The lowest BCUT2D eigenvalue weighted by Crippen LogP contribution is -2.26. The van der Waals surface area contributed by atoms with Crippen molar-refractivity contribution in [1.82, 2.24) is 19.9 Å². The topological polar surface area (TPSA) is 71.0 Å². The number of amides is 1. The predicted octanol–water partition coefficient (Wildman–Crippen LogP) is 4.96. The third kappa shape index (κ3) is 3.65. The Kier molecular flexibility index (Phi) is 5.38. The van der Waals surface area contributed by atoms with Gasteiger partial charge in [0, 0.05) is 17.3 Å². The van der Waals surface area contributed by atoms with E-state index >= 15 is 0 Å². The van der Waals surface area contributed by atoms with E-state index in [1.54, 1.807) is 35.1 Å². The molecule has 0 bridgehead atoms. The Bertz CT molecular complexity index is 1090. The van der Waals surface area contributed by atoms with Crippen molar-refractivity contribution in [2.45, 2.75) is 26.4 Å². The number of hydrogen-bond donors (Lipinski definition) is 1. The van der Waals surface area contributed by atoms with Crippen LogP contribution in [0.1, 0.15) is 38.8 Å². The van der Waals surface area contributed by atoms with Crippen LogP contribution in [0.3, 0.4) is 0 Å². The van der Waals surface area contributed by atoms with E-state index in [1.807, 2.05) is 18.4 Å². The summed E-state index contributed by atoms with van der Waals surface area (Å²) in [7, 11) is 1.80. The molecule has 1 atom stereocenters. The summed E-state index contributed by atoms with van der Waals surface area (Å²) >= 11 is 4.65. The van der Waals surface area contributed by atoms with Crippen LogP contribution in [-0.4, -0.2) is 32.8 Å². The van der Waals surface area contributed by atoms with Crippen molar-refractivity contribution >= 4 is 56.0 Å². The second kappa shape index (κ2) is 7.94. The van der Waals surface area contributed by atoms with Gasteiger partial charge >= 0.3 is 0 Å². The first-order valence-corrected chi connectivity index (χ1v) is 11.3. The molecule has 9 heteroatoms. The normalized spacial score (nSPS) is 12.2. The third-order valence-corrected chi connectivity index (χ3v) is 7.35. The van der Waals surface area contributed by atoms with Crippen molar-refractivity contribution in [3.05, 3.63) is 55.7 Å². The largest absolute Gasteiger partial charge is 0.362 e. The number of thiophene rings is 2. The maximum absolute atomic E-state index is 13.0. The van der Waals surface area contributed by atoms with Crippen LogP contribution < -0.4 is 5.32 Å². The molecule has 1 N–H and O–H groups in total. The van der Waals surface area contributed by atoms with Crippen LogP contribution in [0, 0.1) is 6.92 Å². The fourth-order valence-corrected chi connectivity index (χ4v) is 5.43. The Morgan fingerprint density at radius 1 is 1.32 bits per heavy atom. The molecule has 1 amide bonds. The second-order valence-electron chi connectivity index (χ2n) is 6.48. The van der Waals surface area contributed by atoms with E-state index in [4.69, 9.17) is 0 Å². The van der Waals surface area contributed by atoms with Crippen molar-refractivity contribution in [3.8, 4) is 0 Å². The van der Waals surface area contributed by atoms with Crippen molar-refractivity contribution < 1.29 is 4.79 Å². The molecule has 0 fully saturated rings. The zero-order valence-electron chi connectivity index (χ0n) is 15.7. The molecule has 4 aromatic rings. The molecular weight excluding hydrogens is 410 g/mol. The predicted molar refractivity (Wildman–Crippen MR) is 116 cm³/mol. The summed E-state index contributed by atoms with van der Waals surface area (Å²) in [5.41, 5.74) is 3.59. The number of aryl methyl sites for hydroxylation is 1. The molecule has 0 unspecified atom stereocenters. The van der Waals surface area contributed by atoms with Gasteiger partial charge < -0.3 is 10.2 Å². The maximum atomic E-state index is 13.0. The molecule has 0 radical (unpaired) electrons. The minimum Gasteiger partial charge on any atom is -0.362 e. The molecule has 0 spiro atoms. The van der Waals surface area contributed by atoms with E-state index in [1.165, 1.54) is 27.6 Å². The van der Waals surface area contributed by atoms with Gasteiger partial charge in [-0.25, -0.2) is 15.0 Å². The molecule has 0 aliphatic carbocycles. The minimum atomic E-state index is -0.0224. The number of thiazole rings is 1. The lowest BCUT2D eigenvalue weighted by Gasteiger charge is -2.15. The summed E-state index contributed by atoms with van der Waals surface area (Å²) in [6, 6.07) is 4.27. The van der Waals surface area contributed by atoms with Crippen molar-refractivity contribution in [2.24, 2.45) is 0 Å². The smallest absolute Gasteiger partial charge is 0.264 e. The quantitative estimate of drug-likeness (QED) is 0.469. The Morgan fingerprint density at radius 3 is 2.89 bits per heavy atom. The molecule has 0 aromatic carbocycles. The summed E-state index contributed by atoms with van der Waals surface area (Å²) in [5.74, 6) is 0.742. The molecule has 144 valence electrons. The highest BCUT2D eigenvalue weighted by atomic mass is 32.1. The minimum absolute atomic E-state index is 0.0224. The lowest BCUT2D eigenvalue weighted by molar-refractivity contribution is 0.0788. The summed E-state index contributed by atoms with van der Waals surface area (Å²) in [6.45, 7) is 4.56. The van der Waals surface area contributed by atoms with Crippen LogP contribution in [0.5, 0.6) is 0 Å². The van der Waals surface area contributed by atoms with E-state index in [2.05, 4.69) is 38.6 Å². The molecule has 6 nitrogen and oxygen atoms in total. The molecule has 4 rings (SSSR count). The number of carbonyl (C=O) groups excluding carboxylic acids is 1. The Morgan fingerprint density at radius 2 is 2.18 bits per heavy atom. The number of rotatable bonds is 6. The van der Waals surface area contributed by atoms with Crippen LogP contribution in [0.15, 0.2) is 34.7 Å². The summed E-state index contributed by atoms with van der Waals surface area (Å²) in [4.78, 5) is 30.6. The number of fused-ring (bicyclic) bond motifs is 1. The molecule has 0 aliphatic heterocycles. The van der Waals surface area contributed by atoms with Crippen molar-refractivity contribution in [3.63, 3.8) is 0 Å².